The minimum atomic E-state index is -0.668. The standard InChI is InChI=1S/C34H27NO5S/c1-41-23-17-15-21(16-18-23)29(30-32(36)26-12-6-8-14-28(26)40-34(30)38)31-25(24-11-5-7-13-27(24)35-31)19-20-39-33(37)22-9-3-2-4-10-22/h2-18,29,35-36H,19-20H2,1H3. The minimum absolute atomic E-state index is 0.115. The fraction of sp³-hybridized carbons (Fsp3) is 0.118. The molecule has 204 valence electrons. The van der Waals surface area contributed by atoms with Gasteiger partial charge in [-0.05, 0) is 59.8 Å². The van der Waals surface area contributed by atoms with Crippen LogP contribution in [0.2, 0.25) is 0 Å². The van der Waals surface area contributed by atoms with E-state index in [1.54, 1.807) is 60.3 Å². The van der Waals surface area contributed by atoms with Crippen LogP contribution in [0.3, 0.4) is 0 Å². The van der Waals surface area contributed by atoms with Crippen molar-refractivity contribution in [2.45, 2.75) is 17.2 Å². The molecule has 0 aliphatic rings. The lowest BCUT2D eigenvalue weighted by atomic mass is 9.85. The molecule has 1 atom stereocenters. The van der Waals surface area contributed by atoms with Gasteiger partial charge in [-0.15, -0.1) is 11.8 Å². The maximum absolute atomic E-state index is 13.5. The number of ether oxygens (including phenoxy) is 1. The Hall–Kier alpha value is -4.75. The van der Waals surface area contributed by atoms with Crippen molar-refractivity contribution >= 4 is 39.6 Å². The Kier molecular flexibility index (Phi) is 7.35. The number of para-hydroxylation sites is 2. The zero-order valence-corrected chi connectivity index (χ0v) is 23.1. The number of hydrogen-bond donors (Lipinski definition) is 2. The number of benzene rings is 4. The highest BCUT2D eigenvalue weighted by Gasteiger charge is 2.30. The summed E-state index contributed by atoms with van der Waals surface area (Å²) in [6, 6.07) is 31.6. The quantitative estimate of drug-likeness (QED) is 0.115. The zero-order chi connectivity index (χ0) is 28.3. The predicted molar refractivity (Wildman–Crippen MR) is 162 cm³/mol. The molecule has 6 aromatic rings. The van der Waals surface area contributed by atoms with Crippen LogP contribution < -0.4 is 5.63 Å². The second kappa shape index (κ2) is 11.4. The Morgan fingerprint density at radius 1 is 0.902 bits per heavy atom. The number of esters is 1. The summed E-state index contributed by atoms with van der Waals surface area (Å²) in [5.74, 6) is -1.18. The molecule has 2 aromatic heterocycles. The van der Waals surface area contributed by atoms with E-state index in [1.165, 1.54) is 0 Å². The number of aromatic amines is 1. The van der Waals surface area contributed by atoms with Gasteiger partial charge in [-0.1, -0.05) is 60.7 Å². The summed E-state index contributed by atoms with van der Waals surface area (Å²) < 4.78 is 11.4. The molecule has 0 fully saturated rings. The highest BCUT2D eigenvalue weighted by atomic mass is 32.2. The van der Waals surface area contributed by atoms with Gasteiger partial charge in [-0.2, -0.15) is 0 Å². The van der Waals surface area contributed by atoms with Gasteiger partial charge in [0.2, 0.25) is 0 Å². The monoisotopic (exact) mass is 561 g/mol. The van der Waals surface area contributed by atoms with Gasteiger partial charge in [0.15, 0.2) is 0 Å². The summed E-state index contributed by atoms with van der Waals surface area (Å²) in [4.78, 5) is 30.8. The molecule has 0 bridgehead atoms. The van der Waals surface area contributed by atoms with E-state index in [2.05, 4.69) is 4.98 Å². The number of nitrogens with one attached hydrogen (secondary N) is 1. The highest BCUT2D eigenvalue weighted by Crippen LogP contribution is 2.41. The number of carbonyl (C=O) groups is 1. The lowest BCUT2D eigenvalue weighted by molar-refractivity contribution is 0.0509. The Morgan fingerprint density at radius 3 is 2.34 bits per heavy atom. The normalized spacial score (nSPS) is 12.0. The third-order valence-corrected chi connectivity index (χ3v) is 8.03. The molecule has 4 aromatic carbocycles. The molecule has 0 aliphatic carbocycles. The molecule has 7 heteroatoms. The van der Waals surface area contributed by atoms with Gasteiger partial charge < -0.3 is 19.2 Å². The van der Waals surface area contributed by atoms with Crippen LogP contribution in [-0.4, -0.2) is 28.9 Å². The molecule has 2 heterocycles. The summed E-state index contributed by atoms with van der Waals surface area (Å²) in [5.41, 5.74) is 3.66. The Morgan fingerprint density at radius 2 is 1.59 bits per heavy atom. The van der Waals surface area contributed by atoms with E-state index in [1.807, 2.05) is 60.9 Å². The molecular formula is C34H27NO5S. The topological polar surface area (TPSA) is 92.5 Å². The number of fused-ring (bicyclic) bond motifs is 2. The van der Waals surface area contributed by atoms with Crippen molar-refractivity contribution in [3.05, 3.63) is 141 Å². The third-order valence-electron chi connectivity index (χ3n) is 7.29. The van der Waals surface area contributed by atoms with Crippen molar-refractivity contribution in [3.8, 4) is 5.75 Å². The van der Waals surface area contributed by atoms with Crippen LogP contribution in [-0.2, 0) is 11.2 Å². The predicted octanol–water partition coefficient (Wildman–Crippen LogP) is 7.28. The van der Waals surface area contributed by atoms with E-state index >= 15 is 0 Å². The SMILES string of the molecule is CSc1ccc(C(c2[nH]c3ccccc3c2CCOC(=O)c2ccccc2)c2c(O)c3ccccc3oc2=O)cc1. The van der Waals surface area contributed by atoms with Gasteiger partial charge in [0.05, 0.1) is 29.0 Å². The van der Waals surface area contributed by atoms with Crippen LogP contribution in [0.5, 0.6) is 5.75 Å². The number of H-pyrrole nitrogens is 1. The lowest BCUT2D eigenvalue weighted by Crippen LogP contribution is -2.17. The fourth-order valence-electron chi connectivity index (χ4n) is 5.32. The molecule has 6 rings (SSSR count). The van der Waals surface area contributed by atoms with Crippen LogP contribution in [0.4, 0.5) is 0 Å². The van der Waals surface area contributed by atoms with E-state index in [4.69, 9.17) is 9.15 Å². The zero-order valence-electron chi connectivity index (χ0n) is 22.3. The first-order valence-corrected chi connectivity index (χ1v) is 14.5. The molecule has 6 nitrogen and oxygen atoms in total. The lowest BCUT2D eigenvalue weighted by Gasteiger charge is -2.20. The number of aromatic nitrogens is 1. The molecule has 0 saturated heterocycles. The molecule has 0 saturated carbocycles. The molecule has 0 amide bonds. The molecule has 0 spiro atoms. The summed E-state index contributed by atoms with van der Waals surface area (Å²) in [5, 5.41) is 12.9. The van der Waals surface area contributed by atoms with Crippen molar-refractivity contribution in [3.63, 3.8) is 0 Å². The number of rotatable bonds is 8. The Balaban J connectivity index is 1.50. The first kappa shape index (κ1) is 26.5. The fourth-order valence-corrected chi connectivity index (χ4v) is 5.72. The van der Waals surface area contributed by atoms with Crippen molar-refractivity contribution in [1.82, 2.24) is 4.98 Å². The van der Waals surface area contributed by atoms with Crippen LogP contribution in [0.15, 0.2) is 117 Å². The van der Waals surface area contributed by atoms with E-state index in [9.17, 15) is 14.7 Å². The average molecular weight is 562 g/mol. The van der Waals surface area contributed by atoms with Gasteiger partial charge in [-0.25, -0.2) is 9.59 Å². The van der Waals surface area contributed by atoms with Gasteiger partial charge in [0, 0.05) is 27.9 Å². The van der Waals surface area contributed by atoms with Gasteiger partial charge in [0.25, 0.3) is 0 Å². The Bertz CT molecular complexity index is 1910. The van der Waals surface area contributed by atoms with Gasteiger partial charge >= 0.3 is 11.6 Å². The van der Waals surface area contributed by atoms with Crippen LogP contribution in [0.25, 0.3) is 21.9 Å². The first-order chi connectivity index (χ1) is 20.0. The van der Waals surface area contributed by atoms with Crippen LogP contribution in [0, 0.1) is 0 Å². The number of thioether (sulfide) groups is 1. The summed E-state index contributed by atoms with van der Waals surface area (Å²) in [6.07, 6.45) is 2.40. The van der Waals surface area contributed by atoms with Gasteiger partial charge in [-0.3, -0.25) is 0 Å². The van der Waals surface area contributed by atoms with Crippen molar-refractivity contribution in [2.24, 2.45) is 0 Å². The number of aromatic hydroxyl groups is 1. The number of carbonyl (C=O) groups excluding carboxylic acids is 1. The highest BCUT2D eigenvalue weighted by molar-refractivity contribution is 7.98. The Labute approximate surface area is 240 Å². The molecule has 0 radical (unpaired) electrons. The summed E-state index contributed by atoms with van der Waals surface area (Å²) >= 11 is 1.62. The second-order valence-corrected chi connectivity index (χ2v) is 10.5. The molecule has 41 heavy (non-hydrogen) atoms. The maximum Gasteiger partial charge on any atom is 0.344 e. The molecular weight excluding hydrogens is 534 g/mol. The van der Waals surface area contributed by atoms with Crippen LogP contribution in [0.1, 0.15) is 38.7 Å². The average Bonchev–Trinajstić information content (AvgIpc) is 3.37. The number of hydrogen-bond acceptors (Lipinski definition) is 6. The van der Waals surface area contributed by atoms with Crippen molar-refractivity contribution in [1.29, 1.82) is 0 Å². The van der Waals surface area contributed by atoms with E-state index in [0.29, 0.717) is 23.0 Å². The molecule has 1 unspecified atom stereocenters. The van der Waals surface area contributed by atoms with Crippen molar-refractivity contribution in [2.75, 3.05) is 12.9 Å². The third kappa shape index (κ3) is 5.12. The molecule has 0 aliphatic heterocycles. The summed E-state index contributed by atoms with van der Waals surface area (Å²) in [7, 11) is 0. The van der Waals surface area contributed by atoms with E-state index in [0.717, 1.165) is 32.6 Å². The van der Waals surface area contributed by atoms with Crippen molar-refractivity contribution < 1.29 is 19.1 Å². The second-order valence-electron chi connectivity index (χ2n) is 9.67. The van der Waals surface area contributed by atoms with E-state index < -0.39 is 17.5 Å². The summed E-state index contributed by atoms with van der Waals surface area (Å²) in [6.45, 7) is 0.138. The molecule has 2 N–H and O–H groups in total. The largest absolute Gasteiger partial charge is 0.507 e. The minimum Gasteiger partial charge on any atom is -0.507 e. The van der Waals surface area contributed by atoms with Crippen LogP contribution >= 0.6 is 11.8 Å². The first-order valence-electron chi connectivity index (χ1n) is 13.3. The maximum atomic E-state index is 13.5. The smallest absolute Gasteiger partial charge is 0.344 e. The van der Waals surface area contributed by atoms with E-state index in [-0.39, 0.29) is 17.9 Å². The van der Waals surface area contributed by atoms with Gasteiger partial charge in [0.1, 0.15) is 11.3 Å².